The van der Waals surface area contributed by atoms with Crippen molar-refractivity contribution in [2.24, 2.45) is 0 Å². The molecule has 0 aliphatic carbocycles. The van der Waals surface area contributed by atoms with Crippen LogP contribution >= 0.6 is 23.2 Å². The molecule has 0 spiro atoms. The molecule has 2 unspecified atom stereocenters. The number of nitrogens with one attached hydrogen (secondary N) is 1. The molecule has 0 radical (unpaired) electrons. The lowest BCUT2D eigenvalue weighted by Crippen LogP contribution is -2.39. The second kappa shape index (κ2) is 7.73. The Hall–Kier alpha value is -0.770. The quantitative estimate of drug-likeness (QED) is 0.808. The second-order valence-corrected chi connectivity index (χ2v) is 5.11. The van der Waals surface area contributed by atoms with Crippen molar-refractivity contribution in [2.75, 3.05) is 6.61 Å². The molecule has 1 aromatic carbocycles. The van der Waals surface area contributed by atoms with Gasteiger partial charge in [0.2, 0.25) is 0 Å². The standard InChI is InChI=1S/C14H19Cl2NO2/c1-4-13(14(18)19-5-2)17-9(3)11-7-6-10(15)8-12(11)16/h6-9,13,17H,4-5H2,1-3H3. The van der Waals surface area contributed by atoms with Crippen LogP contribution in [0.4, 0.5) is 0 Å². The predicted octanol–water partition coefficient (Wildman–Crippen LogP) is 3.99. The first-order chi connectivity index (χ1) is 8.99. The topological polar surface area (TPSA) is 38.3 Å². The molecule has 1 rings (SSSR count). The summed E-state index contributed by atoms with van der Waals surface area (Å²) in [5, 5.41) is 4.41. The number of hydrogen-bond donors (Lipinski definition) is 1. The van der Waals surface area contributed by atoms with Crippen molar-refractivity contribution in [1.82, 2.24) is 5.32 Å². The molecule has 0 aliphatic rings. The van der Waals surface area contributed by atoms with Crippen molar-refractivity contribution in [3.8, 4) is 0 Å². The van der Waals surface area contributed by atoms with Gasteiger partial charge in [-0.3, -0.25) is 10.1 Å². The molecule has 1 N–H and O–H groups in total. The Bertz CT molecular complexity index is 437. The lowest BCUT2D eigenvalue weighted by atomic mass is 10.1. The number of carbonyl (C=O) groups is 1. The molecule has 2 atom stereocenters. The van der Waals surface area contributed by atoms with Gasteiger partial charge in [-0.25, -0.2) is 0 Å². The fourth-order valence-corrected chi connectivity index (χ4v) is 2.41. The van der Waals surface area contributed by atoms with E-state index < -0.39 is 0 Å². The molecular formula is C14H19Cl2NO2. The van der Waals surface area contributed by atoms with Gasteiger partial charge in [0.05, 0.1) is 6.61 Å². The average molecular weight is 304 g/mol. The first-order valence-corrected chi connectivity index (χ1v) is 7.12. The van der Waals surface area contributed by atoms with E-state index >= 15 is 0 Å². The summed E-state index contributed by atoms with van der Waals surface area (Å²) >= 11 is 12.0. The molecule has 0 saturated carbocycles. The SMILES string of the molecule is CCOC(=O)C(CC)NC(C)c1ccc(Cl)cc1Cl. The highest BCUT2D eigenvalue weighted by molar-refractivity contribution is 6.35. The summed E-state index contributed by atoms with van der Waals surface area (Å²) in [6.07, 6.45) is 0.661. The van der Waals surface area contributed by atoms with Crippen molar-refractivity contribution in [2.45, 2.75) is 39.3 Å². The predicted molar refractivity (Wildman–Crippen MR) is 78.7 cm³/mol. The highest BCUT2D eigenvalue weighted by Crippen LogP contribution is 2.26. The zero-order chi connectivity index (χ0) is 14.4. The Labute approximate surface area is 124 Å². The maximum atomic E-state index is 11.7. The lowest BCUT2D eigenvalue weighted by Gasteiger charge is -2.22. The van der Waals surface area contributed by atoms with Gasteiger partial charge in [0.25, 0.3) is 0 Å². The van der Waals surface area contributed by atoms with E-state index in [0.717, 1.165) is 5.56 Å². The highest BCUT2D eigenvalue weighted by Gasteiger charge is 2.21. The van der Waals surface area contributed by atoms with Gasteiger partial charge in [0.1, 0.15) is 6.04 Å². The van der Waals surface area contributed by atoms with E-state index in [1.807, 2.05) is 19.9 Å². The van der Waals surface area contributed by atoms with Gasteiger partial charge in [-0.05, 0) is 38.0 Å². The summed E-state index contributed by atoms with van der Waals surface area (Å²) in [5.41, 5.74) is 0.911. The fraction of sp³-hybridized carbons (Fsp3) is 0.500. The number of ether oxygens (including phenoxy) is 1. The summed E-state index contributed by atoms with van der Waals surface area (Å²) in [6, 6.07) is 4.95. The number of carbonyl (C=O) groups excluding carboxylic acids is 1. The fourth-order valence-electron chi connectivity index (χ4n) is 1.84. The molecule has 0 bridgehead atoms. The Balaban J connectivity index is 2.76. The highest BCUT2D eigenvalue weighted by atomic mass is 35.5. The molecule has 0 heterocycles. The van der Waals surface area contributed by atoms with Crippen molar-refractivity contribution in [3.63, 3.8) is 0 Å². The third-order valence-electron chi connectivity index (χ3n) is 2.86. The van der Waals surface area contributed by atoms with Crippen LogP contribution in [0.15, 0.2) is 18.2 Å². The van der Waals surface area contributed by atoms with Gasteiger partial charge in [0, 0.05) is 16.1 Å². The molecule has 3 nitrogen and oxygen atoms in total. The Kier molecular flexibility index (Phi) is 6.63. The molecule has 0 aromatic heterocycles. The normalized spacial score (nSPS) is 13.9. The van der Waals surface area contributed by atoms with Crippen molar-refractivity contribution in [3.05, 3.63) is 33.8 Å². The minimum atomic E-state index is -0.332. The summed E-state index contributed by atoms with van der Waals surface area (Å²) in [6.45, 7) is 6.07. The van der Waals surface area contributed by atoms with Crippen LogP contribution in [0.25, 0.3) is 0 Å². The minimum absolute atomic E-state index is 0.0564. The third kappa shape index (κ3) is 4.68. The smallest absolute Gasteiger partial charge is 0.323 e. The maximum Gasteiger partial charge on any atom is 0.323 e. The van der Waals surface area contributed by atoms with Gasteiger partial charge < -0.3 is 4.74 Å². The molecule has 5 heteroatoms. The number of rotatable bonds is 6. The van der Waals surface area contributed by atoms with Crippen molar-refractivity contribution >= 4 is 29.2 Å². The molecule has 1 aromatic rings. The van der Waals surface area contributed by atoms with Gasteiger partial charge in [-0.1, -0.05) is 36.2 Å². The van der Waals surface area contributed by atoms with Crippen LogP contribution in [0.3, 0.4) is 0 Å². The molecule has 0 amide bonds. The van der Waals surface area contributed by atoms with Crippen LogP contribution in [0, 0.1) is 0 Å². The van der Waals surface area contributed by atoms with E-state index in [1.54, 1.807) is 19.1 Å². The maximum absolute atomic E-state index is 11.7. The zero-order valence-electron chi connectivity index (χ0n) is 11.4. The molecule has 0 saturated heterocycles. The molecular weight excluding hydrogens is 285 g/mol. The van der Waals surface area contributed by atoms with E-state index in [0.29, 0.717) is 23.1 Å². The van der Waals surface area contributed by atoms with Gasteiger partial charge in [-0.2, -0.15) is 0 Å². The van der Waals surface area contributed by atoms with Gasteiger partial charge >= 0.3 is 5.97 Å². The van der Waals surface area contributed by atoms with Crippen molar-refractivity contribution in [1.29, 1.82) is 0 Å². The Morgan fingerprint density at radius 2 is 2.05 bits per heavy atom. The van der Waals surface area contributed by atoms with Crippen LogP contribution in [0.2, 0.25) is 10.0 Å². The van der Waals surface area contributed by atoms with Gasteiger partial charge in [0.15, 0.2) is 0 Å². The van der Waals surface area contributed by atoms with E-state index in [2.05, 4.69) is 5.32 Å². The number of esters is 1. The number of hydrogen-bond acceptors (Lipinski definition) is 3. The molecule has 106 valence electrons. The van der Waals surface area contributed by atoms with E-state index in [9.17, 15) is 4.79 Å². The molecule has 0 aliphatic heterocycles. The lowest BCUT2D eigenvalue weighted by molar-refractivity contribution is -0.146. The average Bonchev–Trinajstić information content (AvgIpc) is 2.35. The molecule has 19 heavy (non-hydrogen) atoms. The van der Waals surface area contributed by atoms with E-state index in [1.165, 1.54) is 0 Å². The van der Waals surface area contributed by atoms with Crippen LogP contribution in [0.1, 0.15) is 38.8 Å². The summed E-state index contributed by atoms with van der Waals surface area (Å²) < 4.78 is 5.03. The van der Waals surface area contributed by atoms with Gasteiger partial charge in [-0.15, -0.1) is 0 Å². The monoisotopic (exact) mass is 303 g/mol. The van der Waals surface area contributed by atoms with Crippen LogP contribution < -0.4 is 5.32 Å². The summed E-state index contributed by atoms with van der Waals surface area (Å²) in [5.74, 6) is -0.234. The Morgan fingerprint density at radius 1 is 1.37 bits per heavy atom. The summed E-state index contributed by atoms with van der Waals surface area (Å²) in [7, 11) is 0. The largest absolute Gasteiger partial charge is 0.465 e. The number of benzene rings is 1. The van der Waals surface area contributed by atoms with E-state index in [-0.39, 0.29) is 18.1 Å². The Morgan fingerprint density at radius 3 is 2.58 bits per heavy atom. The minimum Gasteiger partial charge on any atom is -0.465 e. The van der Waals surface area contributed by atoms with E-state index in [4.69, 9.17) is 27.9 Å². The zero-order valence-corrected chi connectivity index (χ0v) is 12.9. The number of halogens is 2. The first-order valence-electron chi connectivity index (χ1n) is 6.37. The second-order valence-electron chi connectivity index (χ2n) is 4.27. The van der Waals surface area contributed by atoms with Crippen molar-refractivity contribution < 1.29 is 9.53 Å². The van der Waals surface area contributed by atoms with Crippen LogP contribution in [-0.4, -0.2) is 18.6 Å². The first kappa shape index (κ1) is 16.3. The summed E-state index contributed by atoms with van der Waals surface area (Å²) in [4.78, 5) is 11.7. The van der Waals surface area contributed by atoms with Crippen LogP contribution in [0.5, 0.6) is 0 Å². The third-order valence-corrected chi connectivity index (χ3v) is 3.42. The van der Waals surface area contributed by atoms with Crippen LogP contribution in [-0.2, 0) is 9.53 Å². The molecule has 0 fully saturated rings.